The summed E-state index contributed by atoms with van der Waals surface area (Å²) in [6, 6.07) is 0. The lowest BCUT2D eigenvalue weighted by atomic mass is 9.81. The van der Waals surface area contributed by atoms with Crippen molar-refractivity contribution in [1.29, 1.82) is 0 Å². The summed E-state index contributed by atoms with van der Waals surface area (Å²) in [5.74, 6) is 5.63. The van der Waals surface area contributed by atoms with Crippen LogP contribution in [0.2, 0.25) is 0 Å². The summed E-state index contributed by atoms with van der Waals surface area (Å²) in [4.78, 5) is 0. The highest BCUT2D eigenvalue weighted by Gasteiger charge is 2.43. The summed E-state index contributed by atoms with van der Waals surface area (Å²) < 4.78 is 11.4. The normalized spacial score (nSPS) is 30.3. The maximum atomic E-state index is 8.95. The van der Waals surface area contributed by atoms with Gasteiger partial charge in [0.05, 0.1) is 18.9 Å². The molecule has 88 valence electrons. The van der Waals surface area contributed by atoms with Crippen molar-refractivity contribution >= 4 is 5.71 Å². The summed E-state index contributed by atoms with van der Waals surface area (Å²) >= 11 is 0. The first kappa shape index (κ1) is 11.4. The van der Waals surface area contributed by atoms with Crippen LogP contribution in [-0.2, 0) is 9.47 Å². The molecule has 1 aliphatic heterocycles. The maximum absolute atomic E-state index is 8.95. The van der Waals surface area contributed by atoms with Crippen LogP contribution in [0, 0.1) is 17.8 Å². The van der Waals surface area contributed by atoms with Gasteiger partial charge in [0.1, 0.15) is 0 Å². The summed E-state index contributed by atoms with van der Waals surface area (Å²) in [5, 5.41) is 12.3. The number of nitrogens with zero attached hydrogens (tertiary/aromatic N) is 1. The number of hydrogen-bond acceptors (Lipinski definition) is 4. The van der Waals surface area contributed by atoms with Crippen molar-refractivity contribution in [3.63, 3.8) is 0 Å². The van der Waals surface area contributed by atoms with Gasteiger partial charge in [0, 0.05) is 25.2 Å². The van der Waals surface area contributed by atoms with Crippen molar-refractivity contribution in [2.45, 2.75) is 38.4 Å². The molecule has 0 bridgehead atoms. The van der Waals surface area contributed by atoms with E-state index < -0.39 is 5.79 Å². The average Bonchev–Trinajstić information content (AvgIpc) is 2.75. The van der Waals surface area contributed by atoms with Crippen molar-refractivity contribution in [2.24, 2.45) is 11.1 Å². The van der Waals surface area contributed by atoms with Crippen molar-refractivity contribution in [1.82, 2.24) is 0 Å². The van der Waals surface area contributed by atoms with Crippen LogP contribution in [0.15, 0.2) is 5.16 Å². The van der Waals surface area contributed by atoms with Crippen molar-refractivity contribution < 1.29 is 14.7 Å². The van der Waals surface area contributed by atoms with E-state index in [1.54, 1.807) is 0 Å². The van der Waals surface area contributed by atoms with Crippen LogP contribution in [-0.4, -0.2) is 29.9 Å². The molecule has 4 nitrogen and oxygen atoms in total. The monoisotopic (exact) mass is 223 g/mol. The van der Waals surface area contributed by atoms with E-state index >= 15 is 0 Å². The zero-order chi connectivity index (χ0) is 11.4. The Morgan fingerprint density at radius 2 is 2.25 bits per heavy atom. The molecule has 2 fully saturated rings. The highest BCUT2D eigenvalue weighted by atomic mass is 16.7. The van der Waals surface area contributed by atoms with E-state index in [-0.39, 0.29) is 5.92 Å². The molecule has 2 aliphatic rings. The van der Waals surface area contributed by atoms with Gasteiger partial charge in [-0.15, -0.1) is 11.8 Å². The fourth-order valence-corrected chi connectivity index (χ4v) is 2.42. The van der Waals surface area contributed by atoms with Gasteiger partial charge >= 0.3 is 0 Å². The van der Waals surface area contributed by atoms with E-state index in [9.17, 15) is 0 Å². The van der Waals surface area contributed by atoms with Gasteiger partial charge in [-0.05, 0) is 13.3 Å². The Balaban J connectivity index is 2.07. The molecule has 1 unspecified atom stereocenters. The summed E-state index contributed by atoms with van der Waals surface area (Å²) in [5.41, 5.74) is 0.826. The smallest absolute Gasteiger partial charge is 0.169 e. The van der Waals surface area contributed by atoms with E-state index in [1.165, 1.54) is 0 Å². The number of oxime groups is 1. The lowest BCUT2D eigenvalue weighted by molar-refractivity contribution is -0.174. The van der Waals surface area contributed by atoms with Crippen molar-refractivity contribution in [3.05, 3.63) is 0 Å². The minimum absolute atomic E-state index is 0.157. The summed E-state index contributed by atoms with van der Waals surface area (Å²) in [6.45, 7) is 3.15. The molecule has 0 aromatic heterocycles. The summed E-state index contributed by atoms with van der Waals surface area (Å²) in [7, 11) is 0. The number of hydrogen-bond donors (Lipinski definition) is 1. The van der Waals surface area contributed by atoms with Crippen LogP contribution in [0.25, 0.3) is 0 Å². The van der Waals surface area contributed by atoms with Crippen LogP contribution < -0.4 is 0 Å². The SMILES string of the molecule is CC#CCC1CC2(CC/C1=N\O)OCCO2. The molecule has 1 atom stereocenters. The van der Waals surface area contributed by atoms with E-state index in [4.69, 9.17) is 14.7 Å². The number of rotatable bonds is 1. The molecule has 0 amide bonds. The van der Waals surface area contributed by atoms with Crippen LogP contribution in [0.3, 0.4) is 0 Å². The number of ether oxygens (including phenoxy) is 2. The molecule has 1 saturated heterocycles. The van der Waals surface area contributed by atoms with Crippen LogP contribution in [0.1, 0.15) is 32.6 Å². The van der Waals surface area contributed by atoms with Crippen molar-refractivity contribution in [3.8, 4) is 11.8 Å². The fraction of sp³-hybridized carbons (Fsp3) is 0.750. The van der Waals surface area contributed by atoms with Gasteiger partial charge in [0.15, 0.2) is 5.79 Å². The quantitative estimate of drug-likeness (QED) is 0.419. The molecule has 4 heteroatoms. The zero-order valence-electron chi connectivity index (χ0n) is 9.53. The minimum Gasteiger partial charge on any atom is -0.411 e. The van der Waals surface area contributed by atoms with Gasteiger partial charge < -0.3 is 14.7 Å². The van der Waals surface area contributed by atoms with Gasteiger partial charge in [0.2, 0.25) is 0 Å². The maximum Gasteiger partial charge on any atom is 0.169 e. The van der Waals surface area contributed by atoms with E-state index in [2.05, 4.69) is 17.0 Å². The third-order valence-corrected chi connectivity index (χ3v) is 3.26. The predicted molar refractivity (Wildman–Crippen MR) is 59.3 cm³/mol. The third kappa shape index (κ3) is 2.21. The lowest BCUT2D eigenvalue weighted by Gasteiger charge is -2.35. The average molecular weight is 223 g/mol. The van der Waals surface area contributed by atoms with Gasteiger partial charge in [-0.25, -0.2) is 0 Å². The van der Waals surface area contributed by atoms with Crippen LogP contribution >= 0.6 is 0 Å². The van der Waals surface area contributed by atoms with E-state index in [1.807, 2.05) is 6.92 Å². The van der Waals surface area contributed by atoms with Crippen LogP contribution in [0.4, 0.5) is 0 Å². The zero-order valence-corrected chi connectivity index (χ0v) is 9.53. The Kier molecular flexibility index (Phi) is 3.47. The fourth-order valence-electron chi connectivity index (χ4n) is 2.42. The molecule has 2 rings (SSSR count). The largest absolute Gasteiger partial charge is 0.411 e. The Labute approximate surface area is 95.6 Å². The molecule has 1 aliphatic carbocycles. The second-order valence-corrected chi connectivity index (χ2v) is 4.23. The molecular formula is C12H17NO3. The summed E-state index contributed by atoms with van der Waals surface area (Å²) in [6.07, 6.45) is 2.97. The third-order valence-electron chi connectivity index (χ3n) is 3.26. The van der Waals surface area contributed by atoms with Gasteiger partial charge in [-0.1, -0.05) is 5.16 Å². The highest BCUT2D eigenvalue weighted by Crippen LogP contribution is 2.38. The molecule has 0 aromatic carbocycles. The molecular weight excluding hydrogens is 206 g/mol. The molecule has 1 heterocycles. The van der Waals surface area contributed by atoms with E-state index in [0.29, 0.717) is 19.6 Å². The molecule has 1 N–H and O–H groups in total. The molecule has 0 aromatic rings. The molecule has 0 radical (unpaired) electrons. The Bertz CT molecular complexity index is 334. The van der Waals surface area contributed by atoms with Gasteiger partial charge in [0.25, 0.3) is 0 Å². The minimum atomic E-state index is -0.436. The standard InChI is InChI=1S/C12H17NO3/c1-2-3-4-10-9-12(15-7-8-16-12)6-5-11(10)13-14/h10,14H,4-9H2,1H3/b13-11+. The van der Waals surface area contributed by atoms with E-state index in [0.717, 1.165) is 25.0 Å². The van der Waals surface area contributed by atoms with Crippen molar-refractivity contribution in [2.75, 3.05) is 13.2 Å². The molecule has 1 spiro atoms. The Hall–Kier alpha value is -1.05. The second-order valence-electron chi connectivity index (χ2n) is 4.23. The highest BCUT2D eigenvalue weighted by molar-refractivity contribution is 5.87. The topological polar surface area (TPSA) is 51.1 Å². The lowest BCUT2D eigenvalue weighted by Crippen LogP contribution is -2.40. The van der Waals surface area contributed by atoms with Crippen LogP contribution in [0.5, 0.6) is 0 Å². The predicted octanol–water partition coefficient (Wildman–Crippen LogP) is 1.77. The second kappa shape index (κ2) is 4.86. The first-order valence-electron chi connectivity index (χ1n) is 5.68. The Morgan fingerprint density at radius 3 is 2.88 bits per heavy atom. The first-order valence-corrected chi connectivity index (χ1v) is 5.68. The Morgan fingerprint density at radius 1 is 1.50 bits per heavy atom. The molecule has 1 saturated carbocycles. The first-order chi connectivity index (χ1) is 7.79. The van der Waals surface area contributed by atoms with Gasteiger partial charge in [-0.2, -0.15) is 0 Å². The van der Waals surface area contributed by atoms with Gasteiger partial charge in [-0.3, -0.25) is 0 Å². The molecule has 16 heavy (non-hydrogen) atoms.